The molecule has 2 heterocycles. The van der Waals surface area contributed by atoms with Crippen molar-refractivity contribution in [1.82, 2.24) is 9.78 Å². The van der Waals surface area contributed by atoms with Gasteiger partial charge < -0.3 is 0 Å². The second-order valence-electron chi connectivity index (χ2n) is 3.08. The van der Waals surface area contributed by atoms with Crippen molar-refractivity contribution >= 4 is 40.3 Å². The van der Waals surface area contributed by atoms with Gasteiger partial charge in [0.1, 0.15) is 5.69 Å². The highest BCUT2D eigenvalue weighted by atomic mass is 35.5. The molecule has 0 saturated carbocycles. The zero-order chi connectivity index (χ0) is 11.7. The number of aryl methyl sites for hydroxylation is 1. The second-order valence-corrected chi connectivity index (χ2v) is 4.81. The minimum absolute atomic E-state index is 0.177. The third kappa shape index (κ3) is 1.88. The molecule has 0 fully saturated rings. The number of rotatable bonds is 3. The summed E-state index contributed by atoms with van der Waals surface area (Å²) in [6.07, 6.45) is 1.47. The topological polar surface area (TPSA) is 34.9 Å². The summed E-state index contributed by atoms with van der Waals surface area (Å²) in [5.74, 6) is -0.177. The molecule has 0 spiro atoms. The highest BCUT2D eigenvalue weighted by Crippen LogP contribution is 2.27. The van der Waals surface area contributed by atoms with Crippen molar-refractivity contribution in [1.29, 1.82) is 0 Å². The van der Waals surface area contributed by atoms with Gasteiger partial charge in [0.25, 0.3) is 0 Å². The summed E-state index contributed by atoms with van der Waals surface area (Å²) in [5, 5.41) is 6.61. The van der Waals surface area contributed by atoms with Crippen LogP contribution in [-0.2, 0) is 6.54 Å². The molecular weight excluding hydrogens is 267 g/mol. The number of carbonyl (C=O) groups is 1. The Bertz CT molecular complexity index is 533. The molecule has 0 unspecified atom stereocenters. The number of ketones is 1. The SMILES string of the molecule is CCn1ncc(Cl)c1C(=O)c1sccc1Cl. The number of halogens is 2. The fourth-order valence-corrected chi connectivity index (χ4v) is 2.70. The Hall–Kier alpha value is -0.840. The molecule has 84 valence electrons. The fraction of sp³-hybridized carbons (Fsp3) is 0.200. The predicted molar refractivity (Wildman–Crippen MR) is 65.7 cm³/mol. The molecule has 0 aliphatic carbocycles. The minimum atomic E-state index is -0.177. The van der Waals surface area contributed by atoms with Crippen molar-refractivity contribution in [3.8, 4) is 0 Å². The average molecular weight is 275 g/mol. The van der Waals surface area contributed by atoms with E-state index in [-0.39, 0.29) is 5.78 Å². The summed E-state index contributed by atoms with van der Waals surface area (Å²) in [4.78, 5) is 12.7. The van der Waals surface area contributed by atoms with Crippen LogP contribution >= 0.6 is 34.5 Å². The van der Waals surface area contributed by atoms with Crippen molar-refractivity contribution in [2.45, 2.75) is 13.5 Å². The van der Waals surface area contributed by atoms with Crippen LogP contribution in [0.25, 0.3) is 0 Å². The molecule has 0 saturated heterocycles. The van der Waals surface area contributed by atoms with E-state index in [9.17, 15) is 4.79 Å². The first-order valence-corrected chi connectivity index (χ1v) is 6.27. The molecular formula is C10H8Cl2N2OS. The smallest absolute Gasteiger partial charge is 0.223 e. The normalized spacial score (nSPS) is 10.7. The van der Waals surface area contributed by atoms with Crippen LogP contribution in [0.1, 0.15) is 22.3 Å². The zero-order valence-electron chi connectivity index (χ0n) is 8.41. The molecule has 0 aliphatic rings. The average Bonchev–Trinajstić information content (AvgIpc) is 2.83. The first-order chi connectivity index (χ1) is 7.65. The van der Waals surface area contributed by atoms with E-state index >= 15 is 0 Å². The third-order valence-corrected chi connectivity index (χ3v) is 3.75. The van der Waals surface area contributed by atoms with Gasteiger partial charge in [-0.25, -0.2) is 0 Å². The third-order valence-electron chi connectivity index (χ3n) is 2.13. The van der Waals surface area contributed by atoms with Crippen molar-refractivity contribution in [2.75, 3.05) is 0 Å². The number of hydrogen-bond acceptors (Lipinski definition) is 3. The number of aromatic nitrogens is 2. The van der Waals surface area contributed by atoms with E-state index in [0.717, 1.165) is 0 Å². The van der Waals surface area contributed by atoms with Crippen molar-refractivity contribution < 1.29 is 4.79 Å². The van der Waals surface area contributed by atoms with Crippen molar-refractivity contribution in [3.05, 3.63) is 38.3 Å². The largest absolute Gasteiger partial charge is 0.286 e. The predicted octanol–water partition coefficient (Wildman–Crippen LogP) is 3.50. The molecule has 0 amide bonds. The summed E-state index contributed by atoms with van der Waals surface area (Å²) in [6.45, 7) is 2.49. The minimum Gasteiger partial charge on any atom is -0.286 e. The van der Waals surface area contributed by atoms with Gasteiger partial charge in [-0.15, -0.1) is 11.3 Å². The maximum atomic E-state index is 12.2. The van der Waals surface area contributed by atoms with Crippen molar-refractivity contribution in [2.24, 2.45) is 0 Å². The zero-order valence-corrected chi connectivity index (χ0v) is 10.7. The Morgan fingerprint density at radius 3 is 2.81 bits per heavy atom. The number of thiophene rings is 1. The lowest BCUT2D eigenvalue weighted by Gasteiger charge is -2.03. The van der Waals surface area contributed by atoms with E-state index in [0.29, 0.717) is 27.2 Å². The van der Waals surface area contributed by atoms with E-state index in [4.69, 9.17) is 23.2 Å². The van der Waals surface area contributed by atoms with Crippen LogP contribution in [0.15, 0.2) is 17.6 Å². The quantitative estimate of drug-likeness (QED) is 0.803. The summed E-state index contributed by atoms with van der Waals surface area (Å²) >= 11 is 13.2. The molecule has 0 atom stereocenters. The molecule has 2 aromatic heterocycles. The standard InChI is InChI=1S/C10H8Cl2N2OS/c1-2-14-8(7(12)5-13-14)9(15)10-6(11)3-4-16-10/h3-5H,2H2,1H3. The van der Waals surface area contributed by atoms with Gasteiger partial charge in [-0.1, -0.05) is 23.2 Å². The Labute approximate surface area is 107 Å². The van der Waals surface area contributed by atoms with Gasteiger partial charge in [-0.3, -0.25) is 9.48 Å². The molecule has 6 heteroatoms. The number of hydrogen-bond donors (Lipinski definition) is 0. The lowest BCUT2D eigenvalue weighted by molar-refractivity contribution is 0.103. The van der Waals surface area contributed by atoms with Gasteiger partial charge >= 0.3 is 0 Å². The van der Waals surface area contributed by atoms with Crippen molar-refractivity contribution in [3.63, 3.8) is 0 Å². The lowest BCUT2D eigenvalue weighted by atomic mass is 10.2. The van der Waals surface area contributed by atoms with E-state index in [1.165, 1.54) is 17.5 Å². The highest BCUT2D eigenvalue weighted by molar-refractivity contribution is 7.13. The Kier molecular flexibility index (Phi) is 3.33. The molecule has 0 aliphatic heterocycles. The van der Waals surface area contributed by atoms with E-state index < -0.39 is 0 Å². The summed E-state index contributed by atoms with van der Waals surface area (Å²) < 4.78 is 1.57. The van der Waals surface area contributed by atoms with Crippen LogP contribution in [0.4, 0.5) is 0 Å². The number of nitrogens with zero attached hydrogens (tertiary/aromatic N) is 2. The first-order valence-electron chi connectivity index (χ1n) is 4.64. The maximum Gasteiger partial charge on any atom is 0.223 e. The van der Waals surface area contributed by atoms with Gasteiger partial charge in [0.15, 0.2) is 0 Å². The lowest BCUT2D eigenvalue weighted by Crippen LogP contribution is -2.10. The molecule has 16 heavy (non-hydrogen) atoms. The summed E-state index contributed by atoms with van der Waals surface area (Å²) in [5.41, 5.74) is 0.397. The van der Waals surface area contributed by atoms with E-state index in [1.54, 1.807) is 16.1 Å². The van der Waals surface area contributed by atoms with Crippen LogP contribution in [0.3, 0.4) is 0 Å². The number of carbonyl (C=O) groups excluding carboxylic acids is 1. The van der Waals surface area contributed by atoms with E-state index in [2.05, 4.69) is 5.10 Å². The molecule has 2 aromatic rings. The highest BCUT2D eigenvalue weighted by Gasteiger charge is 2.21. The van der Waals surface area contributed by atoms with Crippen LogP contribution < -0.4 is 0 Å². The van der Waals surface area contributed by atoms with Crippen LogP contribution in [0.2, 0.25) is 10.0 Å². The van der Waals surface area contributed by atoms with E-state index in [1.807, 2.05) is 6.92 Å². The van der Waals surface area contributed by atoms with Gasteiger partial charge in [-0.05, 0) is 18.4 Å². The Morgan fingerprint density at radius 1 is 1.50 bits per heavy atom. The van der Waals surface area contributed by atoms with Gasteiger partial charge in [-0.2, -0.15) is 5.10 Å². The van der Waals surface area contributed by atoms with Gasteiger partial charge in [0, 0.05) is 6.54 Å². The molecule has 0 bridgehead atoms. The monoisotopic (exact) mass is 274 g/mol. The van der Waals surface area contributed by atoms with Gasteiger partial charge in [0.2, 0.25) is 5.78 Å². The van der Waals surface area contributed by atoms with Gasteiger partial charge in [0.05, 0.1) is 21.1 Å². The molecule has 0 N–H and O–H groups in total. The second kappa shape index (κ2) is 4.57. The summed E-state index contributed by atoms with van der Waals surface area (Å²) in [6, 6.07) is 1.69. The Balaban J connectivity index is 2.49. The molecule has 2 rings (SSSR count). The molecule has 0 aromatic carbocycles. The van der Waals surface area contributed by atoms with Crippen LogP contribution in [-0.4, -0.2) is 15.6 Å². The fourth-order valence-electron chi connectivity index (χ4n) is 1.39. The Morgan fingerprint density at radius 2 is 2.25 bits per heavy atom. The molecule has 0 radical (unpaired) electrons. The first kappa shape index (κ1) is 11.6. The maximum absolute atomic E-state index is 12.2. The van der Waals surface area contributed by atoms with Crippen LogP contribution in [0.5, 0.6) is 0 Å². The summed E-state index contributed by atoms with van der Waals surface area (Å²) in [7, 11) is 0. The van der Waals surface area contributed by atoms with Crippen LogP contribution in [0, 0.1) is 0 Å². The molecule has 3 nitrogen and oxygen atoms in total.